The van der Waals surface area contributed by atoms with Gasteiger partial charge in [-0.3, -0.25) is 18.2 Å². The standard InChI is InChI=1S/2C30H22N6O7S2/c31-17-6-5-16-13-28(45(41,42)43)29(30(37)22(16)14-17)36-35-26-12-11-25(20-3-1-2-4-21(20)26)33-34-27-10-9-24(32)19-8-7-18(15-23(19)27)44(38,39)40;31-17-6-5-16-13-28(45(41,42)43)29(30(37)22(16)14-17)36-35-27-12-11-26(19-3-1-2-4-20(19)27)34-33-25-10-9-24(32)23-15-18(44(38,39)40)7-8-21(23)25/h2*1-15,37H,31-32H2,(H,38,39,40)(H,41,42,43). The molecule has 12 rings (SSSR count). The van der Waals surface area contributed by atoms with Crippen molar-refractivity contribution in [2.24, 2.45) is 40.9 Å². The summed E-state index contributed by atoms with van der Waals surface area (Å²) in [7, 11) is -18.5. The van der Waals surface area contributed by atoms with Gasteiger partial charge < -0.3 is 33.1 Å². The van der Waals surface area contributed by atoms with Gasteiger partial charge in [-0.25, -0.2) is 0 Å². The van der Waals surface area contributed by atoms with E-state index in [1.165, 1.54) is 84.9 Å². The van der Waals surface area contributed by atoms with E-state index in [9.17, 15) is 62.1 Å². The minimum atomic E-state index is -4.80. The molecule has 12 aromatic carbocycles. The lowest BCUT2D eigenvalue weighted by Gasteiger charge is -2.10. The number of hydrogen-bond acceptors (Lipinski definition) is 22. The molecule has 0 aliphatic heterocycles. The van der Waals surface area contributed by atoms with Gasteiger partial charge >= 0.3 is 0 Å². The van der Waals surface area contributed by atoms with Gasteiger partial charge in [0, 0.05) is 76.6 Å². The number of benzene rings is 12. The molecule has 0 saturated carbocycles. The smallest absolute Gasteiger partial charge is 0.296 e. The molecule has 0 heterocycles. The van der Waals surface area contributed by atoms with Crippen molar-refractivity contribution < 1.29 is 62.1 Å². The second kappa shape index (κ2) is 23.3. The predicted molar refractivity (Wildman–Crippen MR) is 341 cm³/mol. The molecule has 30 heteroatoms. The molecule has 0 radical (unpaired) electrons. The maximum atomic E-state index is 12.2. The first kappa shape index (κ1) is 60.7. The fourth-order valence-corrected chi connectivity index (χ4v) is 12.1. The van der Waals surface area contributed by atoms with Gasteiger partial charge in [-0.1, -0.05) is 72.8 Å². The predicted octanol–water partition coefficient (Wildman–Crippen LogP) is 14.7. The van der Waals surface area contributed by atoms with Gasteiger partial charge in [-0.2, -0.15) is 33.7 Å². The van der Waals surface area contributed by atoms with Crippen LogP contribution in [0.5, 0.6) is 11.5 Å². The average Bonchev–Trinajstić information content (AvgIpc) is 0.836. The summed E-state index contributed by atoms with van der Waals surface area (Å²) in [5.74, 6) is -1.05. The molecule has 0 saturated heterocycles. The number of fused-ring (bicyclic) bond motifs is 6. The number of rotatable bonds is 12. The largest absolute Gasteiger partial charge is 0.505 e. The molecule has 0 aliphatic carbocycles. The second-order valence-electron chi connectivity index (χ2n) is 19.9. The van der Waals surface area contributed by atoms with Crippen LogP contribution in [-0.2, 0) is 40.5 Å². The molecule has 0 spiro atoms. The molecular formula is C60H44N12O14S4. The molecule has 26 nitrogen and oxygen atoms in total. The Labute approximate surface area is 509 Å². The second-order valence-corrected chi connectivity index (χ2v) is 25.5. The van der Waals surface area contributed by atoms with E-state index in [1.807, 2.05) is 0 Å². The Morgan fingerprint density at radius 2 is 0.589 bits per heavy atom. The lowest BCUT2D eigenvalue weighted by atomic mass is 10.1. The molecule has 0 aliphatic rings. The highest BCUT2D eigenvalue weighted by atomic mass is 32.2. The fourth-order valence-electron chi connectivity index (χ4n) is 9.77. The van der Waals surface area contributed by atoms with Crippen LogP contribution in [0.3, 0.4) is 0 Å². The third-order valence-electron chi connectivity index (χ3n) is 14.1. The monoisotopic (exact) mass is 1280 g/mol. The Morgan fingerprint density at radius 3 is 0.956 bits per heavy atom. The summed E-state index contributed by atoms with van der Waals surface area (Å²) in [6, 6.07) is 45.9. The van der Waals surface area contributed by atoms with Crippen LogP contribution in [0.2, 0.25) is 0 Å². The summed E-state index contributed by atoms with van der Waals surface area (Å²) in [5.41, 5.74) is 26.3. The van der Waals surface area contributed by atoms with Crippen molar-refractivity contribution >= 4 is 173 Å². The van der Waals surface area contributed by atoms with Crippen molar-refractivity contribution in [3.63, 3.8) is 0 Å². The SMILES string of the molecule is Nc1ccc2cc(S(=O)(=O)O)c(N=Nc3ccc(N=Nc4ccc(N)c5cc(S(=O)(=O)O)ccc45)c4ccccc34)c(O)c2c1.Nc1ccc2cc(S(=O)(=O)O)c(N=Nc3ccc(N=Nc4ccc(N)c5ccc(S(=O)(=O)O)cc45)c4ccccc34)c(O)c2c1. The van der Waals surface area contributed by atoms with Crippen molar-refractivity contribution in [3.8, 4) is 11.5 Å². The number of aromatic hydroxyl groups is 2. The fraction of sp³-hybridized carbons (Fsp3) is 0. The molecule has 0 bridgehead atoms. The van der Waals surface area contributed by atoms with Gasteiger partial charge in [0.25, 0.3) is 40.5 Å². The van der Waals surface area contributed by atoms with Gasteiger partial charge in [0.1, 0.15) is 21.2 Å². The van der Waals surface area contributed by atoms with Crippen LogP contribution in [-0.4, -0.2) is 62.1 Å². The van der Waals surface area contributed by atoms with Gasteiger partial charge in [-0.15, -0.1) is 40.9 Å². The minimum Gasteiger partial charge on any atom is -0.505 e. The summed E-state index contributed by atoms with van der Waals surface area (Å²) in [6.07, 6.45) is 0. The summed E-state index contributed by atoms with van der Waals surface area (Å²) >= 11 is 0. The molecule has 14 N–H and O–H groups in total. The average molecular weight is 1290 g/mol. The van der Waals surface area contributed by atoms with Gasteiger partial charge in [0.15, 0.2) is 11.5 Å². The summed E-state index contributed by atoms with van der Waals surface area (Å²) < 4.78 is 134. The van der Waals surface area contributed by atoms with Crippen LogP contribution in [0.1, 0.15) is 0 Å². The molecule has 452 valence electrons. The Bertz CT molecular complexity index is 5660. The zero-order valence-electron chi connectivity index (χ0n) is 45.8. The van der Waals surface area contributed by atoms with Gasteiger partial charge in [0.05, 0.1) is 43.9 Å². The van der Waals surface area contributed by atoms with Crippen molar-refractivity contribution in [1.82, 2.24) is 0 Å². The van der Waals surface area contributed by atoms with Crippen molar-refractivity contribution in [1.29, 1.82) is 0 Å². The van der Waals surface area contributed by atoms with E-state index in [4.69, 9.17) is 22.9 Å². The molecule has 90 heavy (non-hydrogen) atoms. The van der Waals surface area contributed by atoms with Crippen LogP contribution in [0.25, 0.3) is 64.6 Å². The number of azo groups is 4. The number of nitrogens with two attached hydrogens (primary N) is 4. The van der Waals surface area contributed by atoms with E-state index in [-0.39, 0.29) is 31.9 Å². The minimum absolute atomic E-state index is 0.218. The van der Waals surface area contributed by atoms with Crippen molar-refractivity contribution in [2.75, 3.05) is 22.9 Å². The molecular weight excluding hydrogens is 1240 g/mol. The van der Waals surface area contributed by atoms with E-state index >= 15 is 0 Å². The normalized spacial score (nSPS) is 12.7. The van der Waals surface area contributed by atoms with Crippen LogP contribution >= 0.6 is 0 Å². The number of anilines is 4. The first-order chi connectivity index (χ1) is 42.6. The van der Waals surface area contributed by atoms with Crippen LogP contribution in [0, 0.1) is 0 Å². The topological polar surface area (TPSA) is 461 Å². The van der Waals surface area contributed by atoms with Crippen molar-refractivity contribution in [2.45, 2.75) is 19.6 Å². The number of phenolic OH excluding ortho intramolecular Hbond substituents is 2. The third-order valence-corrected chi connectivity index (χ3v) is 17.5. The van der Waals surface area contributed by atoms with Gasteiger partial charge in [0.2, 0.25) is 0 Å². The van der Waals surface area contributed by atoms with Crippen LogP contribution in [0.15, 0.2) is 242 Å². The van der Waals surface area contributed by atoms with Crippen LogP contribution in [0.4, 0.5) is 68.2 Å². The third kappa shape index (κ3) is 12.2. The molecule has 12 aromatic rings. The van der Waals surface area contributed by atoms with E-state index in [2.05, 4.69) is 40.9 Å². The zero-order valence-corrected chi connectivity index (χ0v) is 49.1. The first-order valence-corrected chi connectivity index (χ1v) is 31.7. The summed E-state index contributed by atoms with van der Waals surface area (Å²) in [6.45, 7) is 0. The number of phenols is 2. The molecule has 0 fully saturated rings. The molecule has 0 unspecified atom stereocenters. The highest BCUT2D eigenvalue weighted by molar-refractivity contribution is 7.86. The van der Waals surface area contributed by atoms with E-state index in [1.54, 1.807) is 97.1 Å². The van der Waals surface area contributed by atoms with E-state index < -0.39 is 73.1 Å². The number of hydrogen-bond donors (Lipinski definition) is 10. The maximum Gasteiger partial charge on any atom is 0.296 e. The Kier molecular flexibility index (Phi) is 15.7. The first-order valence-electron chi connectivity index (χ1n) is 26.0. The Hall–Kier alpha value is -11.0. The molecule has 0 atom stereocenters. The molecule has 0 aromatic heterocycles. The highest BCUT2D eigenvalue weighted by Gasteiger charge is 2.25. The van der Waals surface area contributed by atoms with E-state index in [0.29, 0.717) is 99.4 Å². The lowest BCUT2D eigenvalue weighted by Crippen LogP contribution is -1.99. The van der Waals surface area contributed by atoms with Gasteiger partial charge in [-0.05, 0) is 120 Å². The molecule has 0 amide bonds. The highest BCUT2D eigenvalue weighted by Crippen LogP contribution is 2.46. The summed E-state index contributed by atoms with van der Waals surface area (Å²) in [4.78, 5) is -1.90. The zero-order chi connectivity index (χ0) is 64.2. The van der Waals surface area contributed by atoms with Crippen LogP contribution < -0.4 is 22.9 Å². The lowest BCUT2D eigenvalue weighted by molar-refractivity contribution is 0.472. The van der Waals surface area contributed by atoms with E-state index in [0.717, 1.165) is 0 Å². The number of nitrogens with zero attached hydrogens (tertiary/aromatic N) is 8. The Morgan fingerprint density at radius 1 is 0.278 bits per heavy atom. The Balaban J connectivity index is 0.000000185. The number of nitrogen functional groups attached to an aromatic ring is 4. The quantitative estimate of drug-likeness (QED) is 0.0308. The van der Waals surface area contributed by atoms with Crippen molar-refractivity contribution in [3.05, 3.63) is 182 Å². The summed E-state index contributed by atoms with van der Waals surface area (Å²) in [5, 5.41) is 60.9. The maximum absolute atomic E-state index is 12.2.